The zero-order valence-electron chi connectivity index (χ0n) is 11.5. The first-order valence-electron chi connectivity index (χ1n) is 6.22. The number of fused-ring (bicyclic) bond motifs is 2. The third-order valence-corrected chi connectivity index (χ3v) is 3.54. The Hall–Kier alpha value is -1.51. The van der Waals surface area contributed by atoms with Crippen molar-refractivity contribution in [2.75, 3.05) is 19.7 Å². The maximum atomic E-state index is 12.0. The highest BCUT2D eigenvalue weighted by Gasteiger charge is 2.49. The zero-order valence-corrected chi connectivity index (χ0v) is 12.3. The summed E-state index contributed by atoms with van der Waals surface area (Å²) in [4.78, 5) is 29.9. The Morgan fingerprint density at radius 1 is 1.45 bits per heavy atom. The van der Waals surface area contributed by atoms with Crippen molar-refractivity contribution in [2.24, 2.45) is 5.73 Å². The number of urea groups is 1. The zero-order chi connectivity index (χ0) is 15.6. The summed E-state index contributed by atoms with van der Waals surface area (Å²) in [6.45, 7) is 0.488. The molecule has 0 saturated carbocycles. The van der Waals surface area contributed by atoms with Crippen LogP contribution in [-0.4, -0.2) is 72.1 Å². The van der Waals surface area contributed by atoms with Gasteiger partial charge in [0, 0.05) is 13.1 Å². The van der Waals surface area contributed by atoms with Crippen LogP contribution in [-0.2, 0) is 24.3 Å². The Balaban J connectivity index is 0.00000242. The first-order chi connectivity index (χ1) is 9.83. The first-order valence-corrected chi connectivity index (χ1v) is 7.58. The number of carbonyl (C=O) groups excluding carboxylic acids is 2. The van der Waals surface area contributed by atoms with Gasteiger partial charge in [-0.2, -0.15) is 13.5 Å². The van der Waals surface area contributed by atoms with E-state index in [2.05, 4.69) is 9.76 Å². The fraction of sp³-hybridized carbons (Fsp3) is 0.778. The fourth-order valence-electron chi connectivity index (χ4n) is 2.35. The number of carbonyl (C=O) groups is 2. The molecule has 6 N–H and O–H groups in total. The molecule has 2 saturated heterocycles. The highest BCUT2D eigenvalue weighted by atomic mass is 32.3. The fourth-order valence-corrected chi connectivity index (χ4v) is 2.74. The van der Waals surface area contributed by atoms with E-state index in [0.717, 1.165) is 0 Å². The molecule has 2 unspecified atom stereocenters. The number of hydrogen-bond donors (Lipinski definition) is 3. The van der Waals surface area contributed by atoms with Crippen molar-refractivity contribution in [1.82, 2.24) is 15.4 Å². The van der Waals surface area contributed by atoms with Gasteiger partial charge in [0.25, 0.3) is 5.91 Å². The van der Waals surface area contributed by atoms with Crippen molar-refractivity contribution in [1.29, 1.82) is 0 Å². The molecule has 3 amide bonds. The summed E-state index contributed by atoms with van der Waals surface area (Å²) >= 11 is 0. The van der Waals surface area contributed by atoms with Gasteiger partial charge < -0.3 is 16.1 Å². The lowest BCUT2D eigenvalue weighted by atomic mass is 10.0. The van der Waals surface area contributed by atoms with E-state index in [4.69, 9.17) is 15.1 Å². The van der Waals surface area contributed by atoms with Crippen LogP contribution < -0.4 is 11.2 Å². The number of rotatable bonds is 6. The van der Waals surface area contributed by atoms with Crippen molar-refractivity contribution < 1.29 is 37.2 Å². The molecule has 128 valence electrons. The summed E-state index contributed by atoms with van der Waals surface area (Å²) in [6.07, 6.45) is 0.673. The van der Waals surface area contributed by atoms with E-state index >= 15 is 0 Å². The molecule has 0 aromatic heterocycles. The number of hydrogen-bond acceptors (Lipinski definition) is 7. The van der Waals surface area contributed by atoms with Gasteiger partial charge in [-0.3, -0.25) is 14.2 Å². The summed E-state index contributed by atoms with van der Waals surface area (Å²) < 4.78 is 34.3. The van der Waals surface area contributed by atoms with Gasteiger partial charge >= 0.3 is 16.4 Å². The molecule has 2 atom stereocenters. The molecule has 2 rings (SSSR count). The SMILES string of the molecule is NCCONC(=O)C1CCC2CN1C(=O)N2OS(=O)(=O)O.O. The van der Waals surface area contributed by atoms with Crippen molar-refractivity contribution in [3.8, 4) is 0 Å². The van der Waals surface area contributed by atoms with Gasteiger partial charge in [-0.25, -0.2) is 10.3 Å². The van der Waals surface area contributed by atoms with Crippen molar-refractivity contribution >= 4 is 22.3 Å². The lowest BCUT2D eigenvalue weighted by molar-refractivity contribution is -0.138. The summed E-state index contributed by atoms with van der Waals surface area (Å²) in [5, 5.41) is 0.573. The highest BCUT2D eigenvalue weighted by Crippen LogP contribution is 2.30. The summed E-state index contributed by atoms with van der Waals surface area (Å²) in [5.74, 6) is -0.524. The first kappa shape index (κ1) is 18.5. The molecule has 2 bridgehead atoms. The van der Waals surface area contributed by atoms with Gasteiger partial charge in [0.05, 0.1) is 12.6 Å². The van der Waals surface area contributed by atoms with Crippen LogP contribution in [0.2, 0.25) is 0 Å². The molecular weight excluding hydrogens is 324 g/mol. The van der Waals surface area contributed by atoms with E-state index in [1.165, 1.54) is 4.90 Å². The number of amides is 3. The molecule has 0 spiro atoms. The molecule has 22 heavy (non-hydrogen) atoms. The van der Waals surface area contributed by atoms with Gasteiger partial charge in [0.15, 0.2) is 0 Å². The summed E-state index contributed by atoms with van der Waals surface area (Å²) in [5.41, 5.74) is 7.39. The van der Waals surface area contributed by atoms with Crippen LogP contribution in [0.4, 0.5) is 4.79 Å². The molecule has 2 heterocycles. The second-order valence-electron chi connectivity index (χ2n) is 4.61. The molecule has 2 fully saturated rings. The van der Waals surface area contributed by atoms with Crippen LogP contribution in [0.3, 0.4) is 0 Å². The number of hydroxylamine groups is 3. The van der Waals surface area contributed by atoms with E-state index in [1.54, 1.807) is 0 Å². The van der Waals surface area contributed by atoms with E-state index in [9.17, 15) is 18.0 Å². The van der Waals surface area contributed by atoms with Crippen LogP contribution >= 0.6 is 0 Å². The predicted octanol–water partition coefficient (Wildman–Crippen LogP) is -2.83. The Morgan fingerprint density at radius 3 is 2.73 bits per heavy atom. The lowest BCUT2D eigenvalue weighted by Crippen LogP contribution is -2.49. The van der Waals surface area contributed by atoms with Gasteiger partial charge in [0.1, 0.15) is 6.04 Å². The highest BCUT2D eigenvalue weighted by molar-refractivity contribution is 7.80. The lowest BCUT2D eigenvalue weighted by Gasteiger charge is -2.28. The molecule has 0 aromatic carbocycles. The average molecular weight is 342 g/mol. The number of nitrogens with one attached hydrogen (secondary N) is 1. The third-order valence-electron chi connectivity index (χ3n) is 3.19. The predicted molar refractivity (Wildman–Crippen MR) is 70.1 cm³/mol. The molecule has 12 nitrogen and oxygen atoms in total. The molecule has 13 heteroatoms. The Morgan fingerprint density at radius 2 is 2.14 bits per heavy atom. The largest absolute Gasteiger partial charge is 0.418 e. The van der Waals surface area contributed by atoms with Gasteiger partial charge in [0.2, 0.25) is 0 Å². The van der Waals surface area contributed by atoms with Crippen LogP contribution in [0.1, 0.15) is 12.8 Å². The van der Waals surface area contributed by atoms with Crippen molar-refractivity contribution in [3.63, 3.8) is 0 Å². The molecule has 0 radical (unpaired) electrons. The topological polar surface area (TPSA) is 183 Å². The smallest absolute Gasteiger partial charge is 0.412 e. The molecule has 0 aliphatic carbocycles. The van der Waals surface area contributed by atoms with E-state index < -0.39 is 34.4 Å². The number of nitrogens with two attached hydrogens (primary N) is 1. The molecule has 0 aromatic rings. The van der Waals surface area contributed by atoms with Crippen LogP contribution in [0.15, 0.2) is 0 Å². The van der Waals surface area contributed by atoms with Gasteiger partial charge in [-0.1, -0.05) is 0 Å². The maximum Gasteiger partial charge on any atom is 0.418 e. The molecular formula is C9H18N4O8S. The Bertz CT molecular complexity index is 526. The minimum absolute atomic E-state index is 0. The Kier molecular flexibility index (Phi) is 6.04. The standard InChI is InChI=1S/C9H16N4O7S.H2O/c10-3-4-19-11-8(14)7-2-1-6-5-12(7)9(15)13(6)20-21(16,17)18;/h6-7H,1-5,10H2,(H,11,14)(H,16,17,18);1H2. The number of piperidine rings is 1. The van der Waals surface area contributed by atoms with Crippen molar-refractivity contribution in [2.45, 2.75) is 24.9 Å². The van der Waals surface area contributed by atoms with Crippen molar-refractivity contribution in [3.05, 3.63) is 0 Å². The minimum atomic E-state index is -4.80. The van der Waals surface area contributed by atoms with Crippen LogP contribution in [0, 0.1) is 0 Å². The number of nitrogens with zero attached hydrogens (tertiary/aromatic N) is 2. The van der Waals surface area contributed by atoms with Crippen LogP contribution in [0.5, 0.6) is 0 Å². The van der Waals surface area contributed by atoms with Crippen LogP contribution in [0.25, 0.3) is 0 Å². The Labute approximate surface area is 126 Å². The summed E-state index contributed by atoms with van der Waals surface area (Å²) in [6, 6.07) is -2.12. The summed E-state index contributed by atoms with van der Waals surface area (Å²) in [7, 11) is -4.80. The average Bonchev–Trinajstić information content (AvgIpc) is 2.63. The quantitative estimate of drug-likeness (QED) is 0.262. The minimum Gasteiger partial charge on any atom is -0.412 e. The maximum absolute atomic E-state index is 12.0. The monoisotopic (exact) mass is 342 g/mol. The molecule has 2 aliphatic heterocycles. The van der Waals surface area contributed by atoms with Gasteiger partial charge in [-0.05, 0) is 12.8 Å². The second-order valence-corrected chi connectivity index (χ2v) is 5.62. The van der Waals surface area contributed by atoms with Gasteiger partial charge in [-0.15, -0.1) is 4.28 Å². The second kappa shape index (κ2) is 7.17. The third kappa shape index (κ3) is 4.02. The van der Waals surface area contributed by atoms with E-state index in [-0.39, 0.29) is 25.2 Å². The molecule has 2 aliphatic rings. The van der Waals surface area contributed by atoms with E-state index in [1.807, 2.05) is 0 Å². The van der Waals surface area contributed by atoms with E-state index in [0.29, 0.717) is 17.9 Å². The normalized spacial score (nSPS) is 24.2.